The first-order chi connectivity index (χ1) is 21.4. The van der Waals surface area contributed by atoms with Crippen LogP contribution in [0.4, 0.5) is 23.4 Å². The molecule has 8 nitrogen and oxygen atoms in total. The fraction of sp³-hybridized carbons (Fsp3) is 0.250. The zero-order valence-electron chi connectivity index (χ0n) is 23.3. The molecule has 4 aromatic heterocycles. The highest BCUT2D eigenvalue weighted by molar-refractivity contribution is 6.03. The van der Waals surface area contributed by atoms with E-state index in [2.05, 4.69) is 25.3 Å². The number of pyridine rings is 3. The highest BCUT2D eigenvalue weighted by atomic mass is 19.3. The molecule has 0 unspecified atom stereocenters. The van der Waals surface area contributed by atoms with Gasteiger partial charge in [0.05, 0.1) is 29.0 Å². The summed E-state index contributed by atoms with van der Waals surface area (Å²) in [4.78, 5) is 29.3. The smallest absolute Gasteiger partial charge is 0.239 e. The molecule has 0 spiro atoms. The maximum atomic E-state index is 14.9. The molecule has 0 saturated carbocycles. The topological polar surface area (TPSA) is 102 Å². The predicted molar refractivity (Wildman–Crippen MR) is 155 cm³/mol. The number of carbonyl (C=O) groups excluding carboxylic acids is 1. The van der Waals surface area contributed by atoms with Crippen LogP contribution in [0.3, 0.4) is 0 Å². The Bertz CT molecular complexity index is 1760. The summed E-state index contributed by atoms with van der Waals surface area (Å²) in [5, 5.41) is 2.61. The number of rotatable bonds is 10. The third-order valence-electron chi connectivity index (χ3n) is 7.36. The van der Waals surface area contributed by atoms with E-state index in [1.807, 2.05) is 0 Å². The zero-order valence-corrected chi connectivity index (χ0v) is 23.3. The number of nitrogens with zero attached hydrogens (tertiary/aromatic N) is 3. The second-order valence-electron chi connectivity index (χ2n) is 10.4. The van der Waals surface area contributed by atoms with Crippen molar-refractivity contribution in [1.82, 2.24) is 19.9 Å². The summed E-state index contributed by atoms with van der Waals surface area (Å²) in [6.07, 6.45) is 1.20. The number of hydrogen-bond donors (Lipinski definition) is 2. The summed E-state index contributed by atoms with van der Waals surface area (Å²) in [5.74, 6) is -2.91. The van der Waals surface area contributed by atoms with Crippen molar-refractivity contribution in [2.45, 2.75) is 37.7 Å². The number of amides is 1. The Kier molecular flexibility index (Phi) is 8.51. The molecule has 1 aromatic carbocycles. The van der Waals surface area contributed by atoms with Gasteiger partial charge in [-0.15, -0.1) is 0 Å². The average Bonchev–Trinajstić information content (AvgIpc) is 3.68. The fourth-order valence-corrected chi connectivity index (χ4v) is 5.28. The Hall–Kier alpha value is -4.84. The summed E-state index contributed by atoms with van der Waals surface area (Å²) >= 11 is 0. The van der Waals surface area contributed by atoms with Crippen LogP contribution in [0.2, 0.25) is 0 Å². The first-order valence-electron chi connectivity index (χ1n) is 14.0. The SMILES string of the molecule is O=C(Nc1cc(-c2[nH]c3c(OC[C@H]4CCCO4)cc(F)nc3c2-c2ccccn2)ccn1)[C@H](CC(F)F)c1ccc(F)cc1. The molecule has 1 saturated heterocycles. The molecule has 12 heteroatoms. The molecule has 0 radical (unpaired) electrons. The fourth-order valence-electron chi connectivity index (χ4n) is 5.28. The number of halogens is 4. The molecule has 1 aliphatic rings. The van der Waals surface area contributed by atoms with Gasteiger partial charge in [-0.05, 0) is 54.8 Å². The van der Waals surface area contributed by atoms with Crippen LogP contribution < -0.4 is 10.1 Å². The standard InChI is InChI=1S/C32H27F4N5O3/c33-20-8-6-18(7-9-20)22(15-25(34)35)32(42)40-27-14-19(10-12-38-27)29-28(23-5-1-2-11-37-23)31-30(41-29)24(16-26(36)39-31)44-17-21-4-3-13-43-21/h1-2,5-12,14,16,21-22,25,41H,3-4,13,15,17H2,(H,38,40,42)/t21-,22-/m1/s1. The number of H-pyrrole nitrogens is 1. The van der Waals surface area contributed by atoms with E-state index in [0.717, 1.165) is 25.0 Å². The molecule has 0 aliphatic carbocycles. The first-order valence-corrected chi connectivity index (χ1v) is 14.0. The van der Waals surface area contributed by atoms with Gasteiger partial charge in [-0.3, -0.25) is 9.78 Å². The zero-order chi connectivity index (χ0) is 30.6. The van der Waals surface area contributed by atoms with Gasteiger partial charge in [0.2, 0.25) is 18.3 Å². The molecule has 0 bridgehead atoms. The number of aromatic amines is 1. The summed E-state index contributed by atoms with van der Waals surface area (Å²) in [5.41, 5.74) is 3.01. The minimum Gasteiger partial charge on any atom is -0.488 e. The molecule has 226 valence electrons. The number of alkyl halides is 2. The maximum Gasteiger partial charge on any atom is 0.239 e. The van der Waals surface area contributed by atoms with E-state index in [9.17, 15) is 22.4 Å². The minimum absolute atomic E-state index is 0.0912. The van der Waals surface area contributed by atoms with E-state index in [4.69, 9.17) is 9.47 Å². The molecule has 2 atom stereocenters. The van der Waals surface area contributed by atoms with Gasteiger partial charge in [0.25, 0.3) is 0 Å². The molecule has 2 N–H and O–H groups in total. The third-order valence-corrected chi connectivity index (χ3v) is 7.36. The van der Waals surface area contributed by atoms with E-state index in [-0.39, 0.29) is 35.4 Å². The van der Waals surface area contributed by atoms with E-state index in [1.165, 1.54) is 24.4 Å². The second kappa shape index (κ2) is 12.8. The lowest BCUT2D eigenvalue weighted by Gasteiger charge is -2.17. The monoisotopic (exact) mass is 605 g/mol. The largest absolute Gasteiger partial charge is 0.488 e. The van der Waals surface area contributed by atoms with Crippen molar-refractivity contribution in [3.63, 3.8) is 0 Å². The lowest BCUT2D eigenvalue weighted by Crippen LogP contribution is -2.23. The average molecular weight is 606 g/mol. The molecule has 1 aliphatic heterocycles. The summed E-state index contributed by atoms with van der Waals surface area (Å²) in [7, 11) is 0. The Morgan fingerprint density at radius 3 is 2.64 bits per heavy atom. The number of benzene rings is 1. The van der Waals surface area contributed by atoms with Crippen LogP contribution in [0, 0.1) is 11.8 Å². The summed E-state index contributed by atoms with van der Waals surface area (Å²) in [6.45, 7) is 0.892. The van der Waals surface area contributed by atoms with E-state index < -0.39 is 36.4 Å². The van der Waals surface area contributed by atoms with Gasteiger partial charge in [-0.1, -0.05) is 18.2 Å². The van der Waals surface area contributed by atoms with Crippen LogP contribution in [0.5, 0.6) is 5.75 Å². The normalized spacial score (nSPS) is 15.5. The van der Waals surface area contributed by atoms with Crippen molar-refractivity contribution in [2.24, 2.45) is 0 Å². The molecule has 1 amide bonds. The van der Waals surface area contributed by atoms with E-state index in [1.54, 1.807) is 36.5 Å². The van der Waals surface area contributed by atoms with Crippen molar-refractivity contribution < 1.29 is 31.8 Å². The highest BCUT2D eigenvalue weighted by Crippen LogP contribution is 2.40. The Labute approximate surface area is 249 Å². The number of anilines is 1. The Morgan fingerprint density at radius 1 is 1.07 bits per heavy atom. The number of aromatic nitrogens is 4. The number of nitrogens with one attached hydrogen (secondary N) is 2. The number of hydrogen-bond acceptors (Lipinski definition) is 6. The van der Waals surface area contributed by atoms with E-state index >= 15 is 0 Å². The molecular weight excluding hydrogens is 578 g/mol. The lowest BCUT2D eigenvalue weighted by molar-refractivity contribution is -0.118. The van der Waals surface area contributed by atoms with Crippen LogP contribution in [-0.4, -0.2) is 51.6 Å². The van der Waals surface area contributed by atoms with Gasteiger partial charge < -0.3 is 19.8 Å². The predicted octanol–water partition coefficient (Wildman–Crippen LogP) is 6.90. The second-order valence-corrected chi connectivity index (χ2v) is 10.4. The Morgan fingerprint density at radius 2 is 1.91 bits per heavy atom. The van der Waals surface area contributed by atoms with Crippen LogP contribution >= 0.6 is 0 Å². The van der Waals surface area contributed by atoms with Gasteiger partial charge in [0.1, 0.15) is 35.0 Å². The minimum atomic E-state index is -2.77. The number of carbonyl (C=O) groups is 1. The molecule has 1 fully saturated rings. The summed E-state index contributed by atoms with van der Waals surface area (Å²) in [6, 6.07) is 14.6. The van der Waals surface area contributed by atoms with Crippen molar-refractivity contribution in [1.29, 1.82) is 0 Å². The van der Waals surface area contributed by atoms with Crippen molar-refractivity contribution in [2.75, 3.05) is 18.5 Å². The van der Waals surface area contributed by atoms with Crippen LogP contribution in [-0.2, 0) is 9.53 Å². The van der Waals surface area contributed by atoms with Crippen LogP contribution in [0.15, 0.2) is 73.1 Å². The number of fused-ring (bicyclic) bond motifs is 1. The summed E-state index contributed by atoms with van der Waals surface area (Å²) < 4.78 is 66.8. The van der Waals surface area contributed by atoms with Crippen LogP contribution in [0.25, 0.3) is 33.5 Å². The van der Waals surface area contributed by atoms with Gasteiger partial charge in [-0.2, -0.15) is 4.39 Å². The maximum absolute atomic E-state index is 14.9. The molecule has 44 heavy (non-hydrogen) atoms. The molecule has 5 aromatic rings. The number of ether oxygens (including phenoxy) is 2. The van der Waals surface area contributed by atoms with E-state index in [0.29, 0.717) is 34.6 Å². The molecule has 5 heterocycles. The van der Waals surface area contributed by atoms with Crippen LogP contribution in [0.1, 0.15) is 30.7 Å². The quantitative estimate of drug-likeness (QED) is 0.133. The third kappa shape index (κ3) is 6.40. The molecular formula is C32H27F4N5O3. The van der Waals surface area contributed by atoms with Crippen molar-refractivity contribution in [3.8, 4) is 28.3 Å². The van der Waals surface area contributed by atoms with Gasteiger partial charge >= 0.3 is 0 Å². The molecule has 6 rings (SSSR count). The Balaban J connectivity index is 1.37. The van der Waals surface area contributed by atoms with Gasteiger partial charge in [0.15, 0.2) is 0 Å². The van der Waals surface area contributed by atoms with Crippen molar-refractivity contribution in [3.05, 3.63) is 90.4 Å². The van der Waals surface area contributed by atoms with Gasteiger partial charge in [0, 0.05) is 37.1 Å². The lowest BCUT2D eigenvalue weighted by atomic mass is 9.95. The first kappa shape index (κ1) is 29.2. The van der Waals surface area contributed by atoms with Crippen molar-refractivity contribution >= 4 is 22.8 Å². The highest BCUT2D eigenvalue weighted by Gasteiger charge is 2.27. The van der Waals surface area contributed by atoms with Gasteiger partial charge in [-0.25, -0.2) is 23.1 Å².